The van der Waals surface area contributed by atoms with Crippen LogP contribution < -0.4 is 14.8 Å². The smallest absolute Gasteiger partial charge is 0.234 e. The van der Waals surface area contributed by atoms with Gasteiger partial charge in [-0.1, -0.05) is 35.5 Å². The molecule has 0 bridgehead atoms. The molecule has 0 saturated heterocycles. The Morgan fingerprint density at radius 1 is 1.17 bits per heavy atom. The van der Waals surface area contributed by atoms with E-state index in [2.05, 4.69) is 15.5 Å². The number of nitrogens with zero attached hydrogens (tertiary/aromatic N) is 3. The molecule has 3 rings (SSSR count). The van der Waals surface area contributed by atoms with Crippen LogP contribution in [0.5, 0.6) is 11.5 Å². The van der Waals surface area contributed by atoms with Crippen LogP contribution in [0.15, 0.2) is 47.6 Å². The van der Waals surface area contributed by atoms with E-state index in [1.807, 2.05) is 35.8 Å². The zero-order valence-corrected chi connectivity index (χ0v) is 17.9. The number of aromatic nitrogens is 3. The van der Waals surface area contributed by atoms with Crippen molar-refractivity contribution in [1.82, 2.24) is 14.8 Å². The molecule has 152 valence electrons. The average molecular weight is 433 g/mol. The first-order valence-corrected chi connectivity index (χ1v) is 10.3. The number of hydrogen-bond acceptors (Lipinski definition) is 6. The fourth-order valence-corrected chi connectivity index (χ4v) is 3.73. The lowest BCUT2D eigenvalue weighted by atomic mass is 10.2. The van der Waals surface area contributed by atoms with Gasteiger partial charge in [-0.2, -0.15) is 0 Å². The number of hydrogen-bond donors (Lipinski definition) is 1. The summed E-state index contributed by atoms with van der Waals surface area (Å²) in [5.41, 5.74) is 1.46. The van der Waals surface area contributed by atoms with Crippen LogP contribution in [0, 0.1) is 0 Å². The molecule has 0 aliphatic rings. The van der Waals surface area contributed by atoms with Gasteiger partial charge in [0.15, 0.2) is 11.0 Å². The fourth-order valence-electron chi connectivity index (χ4n) is 2.74. The lowest BCUT2D eigenvalue weighted by molar-refractivity contribution is -0.113. The predicted octanol–water partition coefficient (Wildman–Crippen LogP) is 4.37. The highest BCUT2D eigenvalue weighted by molar-refractivity contribution is 7.99. The molecule has 29 heavy (non-hydrogen) atoms. The maximum absolute atomic E-state index is 12.4. The van der Waals surface area contributed by atoms with Crippen LogP contribution in [-0.2, 0) is 11.3 Å². The van der Waals surface area contributed by atoms with Gasteiger partial charge in [-0.15, -0.1) is 10.2 Å². The topological polar surface area (TPSA) is 78.3 Å². The first-order valence-electron chi connectivity index (χ1n) is 8.89. The summed E-state index contributed by atoms with van der Waals surface area (Å²) in [6.07, 6.45) is 0. The maximum atomic E-state index is 12.4. The molecule has 9 heteroatoms. The largest absolute Gasteiger partial charge is 0.497 e. The first-order chi connectivity index (χ1) is 14.0. The van der Waals surface area contributed by atoms with Crippen molar-refractivity contribution in [3.63, 3.8) is 0 Å². The summed E-state index contributed by atoms with van der Waals surface area (Å²) in [6.45, 7) is 2.68. The molecular weight excluding hydrogens is 412 g/mol. The van der Waals surface area contributed by atoms with E-state index >= 15 is 0 Å². The minimum absolute atomic E-state index is 0.173. The third kappa shape index (κ3) is 5.02. The third-order valence-electron chi connectivity index (χ3n) is 4.13. The number of rotatable bonds is 8. The second kappa shape index (κ2) is 9.67. The van der Waals surface area contributed by atoms with Gasteiger partial charge < -0.3 is 19.4 Å². The normalized spacial score (nSPS) is 10.6. The van der Waals surface area contributed by atoms with Crippen LogP contribution in [0.2, 0.25) is 5.02 Å². The molecule has 0 saturated carbocycles. The summed E-state index contributed by atoms with van der Waals surface area (Å²) >= 11 is 7.41. The van der Waals surface area contributed by atoms with Gasteiger partial charge in [-0.25, -0.2) is 0 Å². The fraction of sp³-hybridized carbons (Fsp3) is 0.250. The van der Waals surface area contributed by atoms with Gasteiger partial charge in [0.1, 0.15) is 11.5 Å². The summed E-state index contributed by atoms with van der Waals surface area (Å²) in [4.78, 5) is 12.4. The molecule has 2 aromatic carbocycles. The number of carbonyl (C=O) groups excluding carboxylic acids is 1. The summed E-state index contributed by atoms with van der Waals surface area (Å²) in [5.74, 6) is 1.91. The van der Waals surface area contributed by atoms with Gasteiger partial charge >= 0.3 is 0 Å². The molecule has 1 N–H and O–H groups in total. The van der Waals surface area contributed by atoms with Crippen molar-refractivity contribution in [3.05, 3.63) is 47.5 Å². The van der Waals surface area contributed by atoms with E-state index in [9.17, 15) is 4.79 Å². The Hall–Kier alpha value is -2.71. The minimum atomic E-state index is -0.173. The molecule has 3 aromatic rings. The van der Waals surface area contributed by atoms with E-state index in [1.165, 1.54) is 11.8 Å². The summed E-state index contributed by atoms with van der Waals surface area (Å²) < 4.78 is 12.4. The van der Waals surface area contributed by atoms with Gasteiger partial charge in [0, 0.05) is 23.2 Å². The van der Waals surface area contributed by atoms with E-state index in [-0.39, 0.29) is 11.7 Å². The van der Waals surface area contributed by atoms with Crippen molar-refractivity contribution >= 4 is 35.0 Å². The Kier molecular flexibility index (Phi) is 7.00. The summed E-state index contributed by atoms with van der Waals surface area (Å²) in [6, 6.07) is 12.7. The molecule has 0 aliphatic heterocycles. The molecule has 0 fully saturated rings. The lowest BCUT2D eigenvalue weighted by Gasteiger charge is -2.11. The molecule has 0 atom stereocenters. The predicted molar refractivity (Wildman–Crippen MR) is 115 cm³/mol. The molecule has 1 aromatic heterocycles. The number of ether oxygens (including phenoxy) is 2. The molecule has 0 spiro atoms. The third-order valence-corrected chi connectivity index (χ3v) is 5.33. The number of benzene rings is 2. The second-order valence-corrected chi connectivity index (χ2v) is 7.34. The zero-order chi connectivity index (χ0) is 20.8. The lowest BCUT2D eigenvalue weighted by Crippen LogP contribution is -2.15. The average Bonchev–Trinajstić information content (AvgIpc) is 3.15. The number of nitrogens with one attached hydrogen (secondary N) is 1. The Morgan fingerprint density at radius 3 is 2.69 bits per heavy atom. The molecule has 0 radical (unpaired) electrons. The highest BCUT2D eigenvalue weighted by atomic mass is 35.5. The van der Waals surface area contributed by atoms with Crippen molar-refractivity contribution in [2.24, 2.45) is 0 Å². The quantitative estimate of drug-likeness (QED) is 0.532. The molecule has 1 heterocycles. The van der Waals surface area contributed by atoms with Crippen molar-refractivity contribution in [2.45, 2.75) is 18.6 Å². The van der Waals surface area contributed by atoms with Gasteiger partial charge in [-0.05, 0) is 31.2 Å². The van der Waals surface area contributed by atoms with Crippen molar-refractivity contribution in [1.29, 1.82) is 0 Å². The SMILES string of the molecule is CCn1c(SCC(=O)Nc2ccc(OC)cc2OC)nnc1-c1cccc(Cl)c1. The minimum Gasteiger partial charge on any atom is -0.497 e. The Balaban J connectivity index is 1.69. The maximum Gasteiger partial charge on any atom is 0.234 e. The first kappa shape index (κ1) is 21.0. The van der Waals surface area contributed by atoms with Gasteiger partial charge in [-0.3, -0.25) is 4.79 Å². The van der Waals surface area contributed by atoms with Crippen LogP contribution in [0.25, 0.3) is 11.4 Å². The highest BCUT2D eigenvalue weighted by Gasteiger charge is 2.16. The van der Waals surface area contributed by atoms with E-state index in [0.29, 0.717) is 33.9 Å². The Bertz CT molecular complexity index is 1010. The van der Waals surface area contributed by atoms with Crippen LogP contribution >= 0.6 is 23.4 Å². The van der Waals surface area contributed by atoms with Crippen molar-refractivity contribution in [3.8, 4) is 22.9 Å². The molecular formula is C20H21ClN4O3S. The number of halogens is 1. The standard InChI is InChI=1S/C20H21ClN4O3S/c1-4-25-19(13-6-5-7-14(21)10-13)23-24-20(25)29-12-18(26)22-16-9-8-15(27-2)11-17(16)28-3/h5-11H,4,12H2,1-3H3,(H,22,26). The number of amides is 1. The number of anilines is 1. The van der Waals surface area contributed by atoms with E-state index < -0.39 is 0 Å². The van der Waals surface area contributed by atoms with Crippen LogP contribution in [-0.4, -0.2) is 40.6 Å². The number of carbonyl (C=O) groups is 1. The van der Waals surface area contributed by atoms with Gasteiger partial charge in [0.25, 0.3) is 0 Å². The van der Waals surface area contributed by atoms with Crippen LogP contribution in [0.4, 0.5) is 5.69 Å². The molecule has 0 aliphatic carbocycles. The number of methoxy groups -OCH3 is 2. The second-order valence-electron chi connectivity index (χ2n) is 5.96. The van der Waals surface area contributed by atoms with E-state index in [1.54, 1.807) is 32.4 Å². The van der Waals surface area contributed by atoms with Gasteiger partial charge in [0.2, 0.25) is 5.91 Å². The van der Waals surface area contributed by atoms with Crippen molar-refractivity contribution < 1.29 is 14.3 Å². The molecule has 0 unspecified atom stereocenters. The summed E-state index contributed by atoms with van der Waals surface area (Å²) in [7, 11) is 3.12. The summed E-state index contributed by atoms with van der Waals surface area (Å²) in [5, 5.41) is 12.7. The molecule has 1 amide bonds. The highest BCUT2D eigenvalue weighted by Crippen LogP contribution is 2.30. The van der Waals surface area contributed by atoms with Crippen LogP contribution in [0.3, 0.4) is 0 Å². The van der Waals surface area contributed by atoms with Crippen LogP contribution in [0.1, 0.15) is 6.92 Å². The Morgan fingerprint density at radius 2 is 2.00 bits per heavy atom. The van der Waals surface area contributed by atoms with Gasteiger partial charge in [0.05, 0.1) is 25.7 Å². The van der Waals surface area contributed by atoms with E-state index in [4.69, 9.17) is 21.1 Å². The van der Waals surface area contributed by atoms with Crippen molar-refractivity contribution in [2.75, 3.05) is 25.3 Å². The van der Waals surface area contributed by atoms with E-state index in [0.717, 1.165) is 11.4 Å². The molecule has 7 nitrogen and oxygen atoms in total. The Labute approximate surface area is 178 Å². The monoisotopic (exact) mass is 432 g/mol. The zero-order valence-electron chi connectivity index (χ0n) is 16.3. The number of thioether (sulfide) groups is 1.